The Balaban J connectivity index is 1.44. The van der Waals surface area contributed by atoms with Gasteiger partial charge in [-0.15, -0.1) is 0 Å². The molecule has 31 heavy (non-hydrogen) atoms. The summed E-state index contributed by atoms with van der Waals surface area (Å²) >= 11 is 0. The summed E-state index contributed by atoms with van der Waals surface area (Å²) in [5.41, 5.74) is 0.207. The topological polar surface area (TPSA) is 95.8 Å². The highest BCUT2D eigenvalue weighted by Gasteiger charge is 2.51. The van der Waals surface area contributed by atoms with E-state index in [1.54, 1.807) is 4.90 Å². The first kappa shape index (κ1) is 21.7. The molecule has 1 aromatic carbocycles. The fraction of sp³-hybridized carbons (Fsp3) is 0.652. The van der Waals surface area contributed by atoms with E-state index < -0.39 is 4.92 Å². The number of carbonyl (C=O) groups excluding carboxylic acids is 2. The molecule has 2 amide bonds. The van der Waals surface area contributed by atoms with Gasteiger partial charge in [-0.25, -0.2) is 0 Å². The number of nitro benzene ring substituents is 1. The highest BCUT2D eigenvalue weighted by molar-refractivity contribution is 5.96. The van der Waals surface area contributed by atoms with Crippen LogP contribution >= 0.6 is 0 Å². The minimum Gasteiger partial charge on any atom is -0.349 e. The Kier molecular flexibility index (Phi) is 6.01. The highest BCUT2D eigenvalue weighted by atomic mass is 16.6. The van der Waals surface area contributed by atoms with Crippen LogP contribution in [0.1, 0.15) is 48.9 Å². The van der Waals surface area contributed by atoms with Crippen LogP contribution in [0.15, 0.2) is 24.3 Å². The number of nitrogens with zero attached hydrogens (tertiary/aromatic N) is 3. The molecule has 1 aromatic rings. The summed E-state index contributed by atoms with van der Waals surface area (Å²) < 4.78 is 0. The van der Waals surface area contributed by atoms with E-state index in [1.807, 2.05) is 19.0 Å². The van der Waals surface area contributed by atoms with Crippen molar-refractivity contribution in [3.05, 3.63) is 39.9 Å². The SMILES string of the molecule is CN(C)CCN(CC(=O)NC12CC3CC(CC(C3)C1)C2)C(=O)c1ccc([N+](=O)[O-])cc1. The minimum absolute atomic E-state index is 0.00537. The standard InChI is InChI=1S/C23H32N4O4/c1-25(2)7-8-26(22(29)19-3-5-20(6-4-19)27(30)31)15-21(28)24-23-12-16-9-17(13-23)11-18(10-16)14-23/h3-6,16-18H,7-15H2,1-2H3,(H,24,28). The molecule has 4 aliphatic rings. The van der Waals surface area contributed by atoms with Gasteiger partial charge in [0.15, 0.2) is 0 Å². The van der Waals surface area contributed by atoms with Gasteiger partial charge in [0, 0.05) is 36.3 Å². The number of benzene rings is 1. The van der Waals surface area contributed by atoms with Crippen molar-refractivity contribution in [2.24, 2.45) is 17.8 Å². The highest BCUT2D eigenvalue weighted by Crippen LogP contribution is 2.55. The van der Waals surface area contributed by atoms with E-state index >= 15 is 0 Å². The molecule has 168 valence electrons. The van der Waals surface area contributed by atoms with Crippen LogP contribution in [-0.2, 0) is 4.79 Å². The molecule has 4 aliphatic carbocycles. The molecular formula is C23H32N4O4. The lowest BCUT2D eigenvalue weighted by atomic mass is 9.53. The molecule has 4 saturated carbocycles. The van der Waals surface area contributed by atoms with Gasteiger partial charge < -0.3 is 15.1 Å². The van der Waals surface area contributed by atoms with Gasteiger partial charge in [0.25, 0.3) is 11.6 Å². The summed E-state index contributed by atoms with van der Waals surface area (Å²) in [5.74, 6) is 1.82. The number of rotatable bonds is 8. The van der Waals surface area contributed by atoms with Gasteiger partial charge >= 0.3 is 0 Å². The normalized spacial score (nSPS) is 28.5. The first-order valence-electron chi connectivity index (χ1n) is 11.2. The largest absolute Gasteiger partial charge is 0.349 e. The summed E-state index contributed by atoms with van der Waals surface area (Å²) in [5, 5.41) is 14.2. The molecule has 0 aromatic heterocycles. The third kappa shape index (κ3) is 4.89. The predicted molar refractivity (Wildman–Crippen MR) is 117 cm³/mol. The second-order valence-electron chi connectivity index (χ2n) is 10.1. The van der Waals surface area contributed by atoms with Crippen molar-refractivity contribution in [1.82, 2.24) is 15.1 Å². The van der Waals surface area contributed by atoms with Gasteiger partial charge in [0.2, 0.25) is 5.91 Å². The first-order chi connectivity index (χ1) is 14.7. The van der Waals surface area contributed by atoms with Crippen LogP contribution in [0.25, 0.3) is 0 Å². The first-order valence-corrected chi connectivity index (χ1v) is 11.2. The zero-order valence-corrected chi connectivity index (χ0v) is 18.4. The average Bonchev–Trinajstić information content (AvgIpc) is 2.69. The number of amides is 2. The molecule has 1 N–H and O–H groups in total. The second-order valence-corrected chi connectivity index (χ2v) is 10.1. The maximum absolute atomic E-state index is 13.1. The number of non-ortho nitro benzene ring substituents is 1. The van der Waals surface area contributed by atoms with Crippen LogP contribution in [0.5, 0.6) is 0 Å². The van der Waals surface area contributed by atoms with E-state index in [-0.39, 0.29) is 29.6 Å². The Morgan fingerprint density at radius 1 is 1.03 bits per heavy atom. The minimum atomic E-state index is -0.489. The average molecular weight is 429 g/mol. The van der Waals surface area contributed by atoms with Gasteiger partial charge in [-0.1, -0.05) is 0 Å². The van der Waals surface area contributed by atoms with Crippen LogP contribution < -0.4 is 5.32 Å². The van der Waals surface area contributed by atoms with Crippen LogP contribution in [0.2, 0.25) is 0 Å². The molecule has 0 aliphatic heterocycles. The maximum atomic E-state index is 13.1. The summed E-state index contributed by atoms with van der Waals surface area (Å²) in [7, 11) is 3.84. The third-order valence-corrected chi connectivity index (χ3v) is 7.21. The molecule has 5 rings (SSSR count). The third-order valence-electron chi connectivity index (χ3n) is 7.21. The molecule has 8 heteroatoms. The molecular weight excluding hydrogens is 396 g/mol. The monoisotopic (exact) mass is 428 g/mol. The van der Waals surface area contributed by atoms with Crippen LogP contribution in [-0.4, -0.2) is 65.8 Å². The number of nitro groups is 1. The molecule has 0 spiro atoms. The quantitative estimate of drug-likeness (QED) is 0.507. The smallest absolute Gasteiger partial charge is 0.269 e. The number of carbonyl (C=O) groups is 2. The van der Waals surface area contributed by atoms with Crippen molar-refractivity contribution < 1.29 is 14.5 Å². The Bertz CT molecular complexity index is 816. The molecule has 4 fully saturated rings. The predicted octanol–water partition coefficient (Wildman–Crippen LogP) is 2.68. The zero-order valence-electron chi connectivity index (χ0n) is 18.4. The van der Waals surface area contributed by atoms with E-state index in [0.717, 1.165) is 37.0 Å². The fourth-order valence-electron chi connectivity index (χ4n) is 6.25. The van der Waals surface area contributed by atoms with E-state index in [4.69, 9.17) is 0 Å². The lowest BCUT2D eigenvalue weighted by molar-refractivity contribution is -0.384. The second kappa shape index (κ2) is 8.57. The lowest BCUT2D eigenvalue weighted by Gasteiger charge is -2.57. The molecule has 0 unspecified atom stereocenters. The van der Waals surface area contributed by atoms with Crippen LogP contribution in [0, 0.1) is 27.9 Å². The Hall–Kier alpha value is -2.48. The Morgan fingerprint density at radius 2 is 1.58 bits per heavy atom. The molecule has 8 nitrogen and oxygen atoms in total. The summed E-state index contributed by atoms with van der Waals surface area (Å²) in [6.45, 7) is 1.05. The van der Waals surface area contributed by atoms with Crippen molar-refractivity contribution in [3.8, 4) is 0 Å². The Morgan fingerprint density at radius 3 is 2.06 bits per heavy atom. The van der Waals surface area contributed by atoms with Crippen molar-refractivity contribution in [3.63, 3.8) is 0 Å². The van der Waals surface area contributed by atoms with Gasteiger partial charge in [-0.3, -0.25) is 19.7 Å². The molecule has 0 saturated heterocycles. The molecule has 0 radical (unpaired) electrons. The summed E-state index contributed by atoms with van der Waals surface area (Å²) in [4.78, 5) is 40.1. The van der Waals surface area contributed by atoms with Gasteiger partial charge in [0.1, 0.15) is 0 Å². The van der Waals surface area contributed by atoms with E-state index in [9.17, 15) is 19.7 Å². The van der Waals surface area contributed by atoms with E-state index in [2.05, 4.69) is 5.32 Å². The maximum Gasteiger partial charge on any atom is 0.269 e. The van der Waals surface area contributed by atoms with Crippen molar-refractivity contribution in [2.75, 3.05) is 33.7 Å². The molecule has 0 heterocycles. The summed E-state index contributed by atoms with van der Waals surface area (Å²) in [6, 6.07) is 5.57. The van der Waals surface area contributed by atoms with Crippen LogP contribution in [0.3, 0.4) is 0 Å². The van der Waals surface area contributed by atoms with Gasteiger partial charge in [-0.05, 0) is 82.5 Å². The van der Waals surface area contributed by atoms with Crippen molar-refractivity contribution in [1.29, 1.82) is 0 Å². The Labute approximate surface area is 183 Å². The lowest BCUT2D eigenvalue weighted by Crippen LogP contribution is -2.61. The summed E-state index contributed by atoms with van der Waals surface area (Å²) in [6.07, 6.45) is 7.13. The van der Waals surface area contributed by atoms with Crippen molar-refractivity contribution in [2.45, 2.75) is 44.1 Å². The fourth-order valence-corrected chi connectivity index (χ4v) is 6.25. The zero-order chi connectivity index (χ0) is 22.2. The molecule has 0 atom stereocenters. The number of nitrogens with one attached hydrogen (secondary N) is 1. The molecule has 4 bridgehead atoms. The van der Waals surface area contributed by atoms with E-state index in [0.29, 0.717) is 18.7 Å². The van der Waals surface area contributed by atoms with Crippen molar-refractivity contribution >= 4 is 17.5 Å². The van der Waals surface area contributed by atoms with E-state index in [1.165, 1.54) is 43.5 Å². The number of hydrogen-bond acceptors (Lipinski definition) is 5. The number of hydrogen-bond donors (Lipinski definition) is 1. The van der Waals surface area contributed by atoms with Gasteiger partial charge in [0.05, 0.1) is 11.5 Å². The number of likely N-dealkylation sites (N-methyl/N-ethyl adjacent to an activating group) is 1. The van der Waals surface area contributed by atoms with Crippen LogP contribution in [0.4, 0.5) is 5.69 Å². The van der Waals surface area contributed by atoms with Gasteiger partial charge in [-0.2, -0.15) is 0 Å².